The van der Waals surface area contributed by atoms with Gasteiger partial charge >= 0.3 is 6.03 Å². The van der Waals surface area contributed by atoms with Crippen molar-refractivity contribution in [3.63, 3.8) is 0 Å². The van der Waals surface area contributed by atoms with Crippen LogP contribution in [0.1, 0.15) is 38.7 Å². The van der Waals surface area contributed by atoms with Crippen LogP contribution in [0.3, 0.4) is 0 Å². The van der Waals surface area contributed by atoms with Gasteiger partial charge < -0.3 is 15.4 Å². The predicted molar refractivity (Wildman–Crippen MR) is 116 cm³/mol. The minimum atomic E-state index is -0.426. The number of urea groups is 1. The van der Waals surface area contributed by atoms with E-state index < -0.39 is 6.03 Å². The van der Waals surface area contributed by atoms with Crippen molar-refractivity contribution in [1.82, 2.24) is 4.90 Å². The van der Waals surface area contributed by atoms with Crippen LogP contribution in [0.5, 0.6) is 5.75 Å². The van der Waals surface area contributed by atoms with Crippen LogP contribution in [0.2, 0.25) is 0 Å². The number of carbonyl (C=O) groups is 1. The van der Waals surface area contributed by atoms with Crippen LogP contribution in [0.25, 0.3) is 0 Å². The fraction of sp³-hybridized carbons (Fsp3) is 0.435. The number of anilines is 1. The molecule has 0 saturated carbocycles. The largest absolute Gasteiger partial charge is 0.489 e. The van der Waals surface area contributed by atoms with Crippen LogP contribution in [0.4, 0.5) is 10.5 Å². The number of nitrogens with zero attached hydrogens (tertiary/aromatic N) is 2. The van der Waals surface area contributed by atoms with Gasteiger partial charge in [0, 0.05) is 18.8 Å². The maximum absolute atomic E-state index is 12.0. The summed E-state index contributed by atoms with van der Waals surface area (Å²) in [6.45, 7) is 8.40. The smallest absolute Gasteiger partial charge is 0.319 e. The highest BCUT2D eigenvalue weighted by Crippen LogP contribution is 2.20. The maximum Gasteiger partial charge on any atom is 0.319 e. The van der Waals surface area contributed by atoms with E-state index in [2.05, 4.69) is 18.7 Å². The quantitative estimate of drug-likeness (QED) is 0.580. The van der Waals surface area contributed by atoms with E-state index in [9.17, 15) is 4.79 Å². The number of primary amides is 1. The first kappa shape index (κ1) is 21.8. The first-order valence-corrected chi connectivity index (χ1v) is 10.2. The Morgan fingerprint density at radius 1 is 0.893 bits per heavy atom. The molecule has 5 nitrogen and oxygen atoms in total. The molecule has 5 heteroatoms. The Bertz CT molecular complexity index is 689. The van der Waals surface area contributed by atoms with Crippen molar-refractivity contribution in [2.24, 2.45) is 5.73 Å². The standard InChI is InChI=1S/C23H33N3O2/c1-3-5-16-25(15-4-2)17-18-26(23(24)27)21-11-13-22(14-12-21)28-19-20-9-7-6-8-10-20/h6-14H,3-5,15-19H2,1-2H3,(H2,24,27). The highest BCUT2D eigenvalue weighted by molar-refractivity contribution is 5.90. The van der Waals surface area contributed by atoms with E-state index in [-0.39, 0.29) is 0 Å². The minimum Gasteiger partial charge on any atom is -0.489 e. The van der Waals surface area contributed by atoms with Crippen LogP contribution < -0.4 is 15.4 Å². The van der Waals surface area contributed by atoms with Crippen LogP contribution >= 0.6 is 0 Å². The third-order valence-electron chi connectivity index (χ3n) is 4.67. The number of benzene rings is 2. The molecule has 0 atom stereocenters. The second-order valence-electron chi connectivity index (χ2n) is 6.95. The molecule has 2 aromatic carbocycles. The monoisotopic (exact) mass is 383 g/mol. The van der Waals surface area contributed by atoms with Gasteiger partial charge in [0.05, 0.1) is 0 Å². The molecule has 2 N–H and O–H groups in total. The summed E-state index contributed by atoms with van der Waals surface area (Å²) in [7, 11) is 0. The van der Waals surface area contributed by atoms with Crippen molar-refractivity contribution >= 4 is 11.7 Å². The van der Waals surface area contributed by atoms with Gasteiger partial charge in [-0.2, -0.15) is 0 Å². The Hall–Kier alpha value is -2.53. The molecule has 0 saturated heterocycles. The first-order chi connectivity index (χ1) is 13.6. The molecule has 2 rings (SSSR count). The van der Waals surface area contributed by atoms with Crippen molar-refractivity contribution in [3.8, 4) is 5.75 Å². The molecule has 0 unspecified atom stereocenters. The minimum absolute atomic E-state index is 0.426. The summed E-state index contributed by atoms with van der Waals surface area (Å²) < 4.78 is 5.82. The zero-order valence-electron chi connectivity index (χ0n) is 17.1. The van der Waals surface area contributed by atoms with Gasteiger partial charge in [0.25, 0.3) is 0 Å². The number of amides is 2. The number of unbranched alkanes of at least 4 members (excludes halogenated alkanes) is 1. The zero-order valence-corrected chi connectivity index (χ0v) is 17.1. The van der Waals surface area contributed by atoms with Crippen LogP contribution in [-0.2, 0) is 6.61 Å². The number of carbonyl (C=O) groups excluding carboxylic acids is 1. The molecule has 0 aliphatic heterocycles. The molecule has 152 valence electrons. The second-order valence-corrected chi connectivity index (χ2v) is 6.95. The van der Waals surface area contributed by atoms with Gasteiger partial charge in [-0.3, -0.25) is 4.90 Å². The van der Waals surface area contributed by atoms with E-state index in [0.29, 0.717) is 13.2 Å². The molecule has 0 aliphatic rings. The lowest BCUT2D eigenvalue weighted by Crippen LogP contribution is -2.42. The van der Waals surface area contributed by atoms with E-state index in [1.165, 1.54) is 12.8 Å². The molecule has 2 amide bonds. The average molecular weight is 384 g/mol. The summed E-state index contributed by atoms with van der Waals surface area (Å²) in [5.74, 6) is 0.771. The summed E-state index contributed by atoms with van der Waals surface area (Å²) in [5.41, 5.74) is 7.56. The first-order valence-electron chi connectivity index (χ1n) is 10.2. The van der Waals surface area contributed by atoms with E-state index >= 15 is 0 Å². The Morgan fingerprint density at radius 2 is 1.61 bits per heavy atom. The molecule has 0 spiro atoms. The summed E-state index contributed by atoms with van der Waals surface area (Å²) >= 11 is 0. The Kier molecular flexibility index (Phi) is 9.35. The zero-order chi connectivity index (χ0) is 20.2. The van der Waals surface area contributed by atoms with Gasteiger partial charge in [-0.05, 0) is 55.8 Å². The van der Waals surface area contributed by atoms with Crippen LogP contribution in [-0.4, -0.2) is 37.1 Å². The highest BCUT2D eigenvalue weighted by atomic mass is 16.5. The van der Waals surface area contributed by atoms with Crippen LogP contribution in [0, 0.1) is 0 Å². The second kappa shape index (κ2) is 12.0. The Balaban J connectivity index is 1.94. The molecule has 0 radical (unpaired) electrons. The fourth-order valence-electron chi connectivity index (χ4n) is 3.10. The molecular weight excluding hydrogens is 350 g/mol. The number of nitrogens with two attached hydrogens (primary N) is 1. The molecule has 2 aromatic rings. The van der Waals surface area contributed by atoms with Gasteiger partial charge in [-0.15, -0.1) is 0 Å². The lowest BCUT2D eigenvalue weighted by molar-refractivity contribution is 0.248. The van der Waals surface area contributed by atoms with Crippen molar-refractivity contribution in [3.05, 3.63) is 60.2 Å². The highest BCUT2D eigenvalue weighted by Gasteiger charge is 2.14. The molecule has 0 bridgehead atoms. The van der Waals surface area contributed by atoms with Gasteiger partial charge in [-0.1, -0.05) is 50.6 Å². The van der Waals surface area contributed by atoms with Crippen LogP contribution in [0.15, 0.2) is 54.6 Å². The summed E-state index contributed by atoms with van der Waals surface area (Å²) in [5, 5.41) is 0. The average Bonchev–Trinajstić information content (AvgIpc) is 2.72. The molecule has 0 aromatic heterocycles. The van der Waals surface area contributed by atoms with Gasteiger partial charge in [0.1, 0.15) is 12.4 Å². The van der Waals surface area contributed by atoms with E-state index in [1.54, 1.807) is 4.90 Å². The Labute approximate surface area is 169 Å². The molecule has 0 aliphatic carbocycles. The summed E-state index contributed by atoms with van der Waals surface area (Å²) in [4.78, 5) is 16.0. The lowest BCUT2D eigenvalue weighted by Gasteiger charge is -2.26. The molecule has 0 heterocycles. The molecule has 28 heavy (non-hydrogen) atoms. The van der Waals surface area contributed by atoms with E-state index in [0.717, 1.165) is 43.1 Å². The van der Waals surface area contributed by atoms with Gasteiger partial charge in [0.15, 0.2) is 0 Å². The predicted octanol–water partition coefficient (Wildman–Crippen LogP) is 4.66. The molecule has 0 fully saturated rings. The van der Waals surface area contributed by atoms with Gasteiger partial charge in [0.2, 0.25) is 0 Å². The number of ether oxygens (including phenoxy) is 1. The number of rotatable bonds is 12. The topological polar surface area (TPSA) is 58.8 Å². The summed E-state index contributed by atoms with van der Waals surface area (Å²) in [6.07, 6.45) is 3.45. The molecular formula is C23H33N3O2. The Morgan fingerprint density at radius 3 is 2.21 bits per heavy atom. The fourth-order valence-corrected chi connectivity index (χ4v) is 3.10. The van der Waals surface area contributed by atoms with Crippen molar-refractivity contribution in [1.29, 1.82) is 0 Å². The van der Waals surface area contributed by atoms with Crippen molar-refractivity contribution < 1.29 is 9.53 Å². The number of hydrogen-bond donors (Lipinski definition) is 1. The number of hydrogen-bond acceptors (Lipinski definition) is 3. The lowest BCUT2D eigenvalue weighted by atomic mass is 10.2. The summed E-state index contributed by atoms with van der Waals surface area (Å²) in [6, 6.07) is 17.2. The third-order valence-corrected chi connectivity index (χ3v) is 4.67. The van der Waals surface area contributed by atoms with Crippen molar-refractivity contribution in [2.45, 2.75) is 39.7 Å². The van der Waals surface area contributed by atoms with E-state index in [4.69, 9.17) is 10.5 Å². The van der Waals surface area contributed by atoms with Crippen molar-refractivity contribution in [2.75, 3.05) is 31.1 Å². The SMILES string of the molecule is CCCCN(CCC)CCN(C(N)=O)c1ccc(OCc2ccccc2)cc1. The van der Waals surface area contributed by atoms with Gasteiger partial charge in [-0.25, -0.2) is 4.79 Å². The normalized spacial score (nSPS) is 10.8. The third kappa shape index (κ3) is 7.24. The van der Waals surface area contributed by atoms with E-state index in [1.807, 2.05) is 54.6 Å². The maximum atomic E-state index is 12.0.